The van der Waals surface area contributed by atoms with Gasteiger partial charge in [-0.15, -0.1) is 0 Å². The molecule has 20 heavy (non-hydrogen) atoms. The Kier molecular flexibility index (Phi) is 5.13. The first-order chi connectivity index (χ1) is 9.32. The standard InChI is InChI=1S/C12H15NO7/c1-7-6-8(14)13(11(7)18)12(19)20-10(17)5-3-2-4-9(15)16/h6,14,18H,2-5H2,1H3,(H,15,16). The van der Waals surface area contributed by atoms with Gasteiger partial charge in [0.15, 0.2) is 0 Å². The van der Waals surface area contributed by atoms with Crippen LogP contribution in [0.2, 0.25) is 0 Å². The average molecular weight is 285 g/mol. The van der Waals surface area contributed by atoms with Crippen LogP contribution in [0.15, 0.2) is 6.07 Å². The minimum atomic E-state index is -1.21. The number of carboxylic acid groups (broad SMARTS) is 1. The van der Waals surface area contributed by atoms with E-state index in [1.807, 2.05) is 0 Å². The van der Waals surface area contributed by atoms with Gasteiger partial charge in [0.2, 0.25) is 11.8 Å². The normalized spacial score (nSPS) is 10.2. The Labute approximate surface area is 114 Å². The van der Waals surface area contributed by atoms with Gasteiger partial charge in [0.05, 0.1) is 0 Å². The average Bonchev–Trinajstić information content (AvgIpc) is 2.58. The molecule has 0 aliphatic heterocycles. The number of hydrogen-bond acceptors (Lipinski definition) is 6. The topological polar surface area (TPSA) is 126 Å². The van der Waals surface area contributed by atoms with Crippen molar-refractivity contribution in [3.63, 3.8) is 0 Å². The summed E-state index contributed by atoms with van der Waals surface area (Å²) >= 11 is 0. The van der Waals surface area contributed by atoms with Gasteiger partial charge in [0, 0.05) is 24.5 Å². The number of aromatic nitrogens is 1. The van der Waals surface area contributed by atoms with E-state index in [-0.39, 0.29) is 31.2 Å². The summed E-state index contributed by atoms with van der Waals surface area (Å²) in [6.07, 6.45) is -0.851. The van der Waals surface area contributed by atoms with Crippen LogP contribution in [0.1, 0.15) is 31.2 Å². The van der Waals surface area contributed by atoms with Crippen molar-refractivity contribution in [1.82, 2.24) is 4.57 Å². The second-order valence-corrected chi connectivity index (χ2v) is 4.19. The number of aryl methyl sites for hydroxylation is 1. The van der Waals surface area contributed by atoms with Gasteiger partial charge in [-0.05, 0) is 19.8 Å². The Morgan fingerprint density at radius 1 is 1.20 bits per heavy atom. The zero-order valence-electron chi connectivity index (χ0n) is 10.8. The lowest BCUT2D eigenvalue weighted by Crippen LogP contribution is -2.17. The first kappa shape index (κ1) is 15.5. The summed E-state index contributed by atoms with van der Waals surface area (Å²) in [5, 5.41) is 27.3. The number of carbonyl (C=O) groups excluding carboxylic acids is 2. The smallest absolute Gasteiger partial charge is 0.431 e. The number of carboxylic acids is 1. The van der Waals surface area contributed by atoms with Crippen molar-refractivity contribution in [2.75, 3.05) is 0 Å². The molecule has 0 aliphatic carbocycles. The van der Waals surface area contributed by atoms with Gasteiger partial charge in [-0.2, -0.15) is 4.57 Å². The summed E-state index contributed by atoms with van der Waals surface area (Å²) in [4.78, 5) is 33.1. The molecule has 1 aromatic rings. The highest BCUT2D eigenvalue weighted by Gasteiger charge is 2.21. The number of esters is 1. The Balaban J connectivity index is 2.50. The van der Waals surface area contributed by atoms with Crippen molar-refractivity contribution in [2.24, 2.45) is 0 Å². The van der Waals surface area contributed by atoms with Crippen molar-refractivity contribution in [3.05, 3.63) is 11.6 Å². The molecule has 0 unspecified atom stereocenters. The van der Waals surface area contributed by atoms with Crippen molar-refractivity contribution < 1.29 is 34.4 Å². The van der Waals surface area contributed by atoms with E-state index < -0.39 is 29.8 Å². The van der Waals surface area contributed by atoms with Gasteiger partial charge < -0.3 is 20.1 Å². The van der Waals surface area contributed by atoms with E-state index in [0.717, 1.165) is 6.07 Å². The Morgan fingerprint density at radius 3 is 2.30 bits per heavy atom. The highest BCUT2D eigenvalue weighted by molar-refractivity contribution is 5.87. The van der Waals surface area contributed by atoms with Crippen molar-refractivity contribution >= 4 is 18.0 Å². The van der Waals surface area contributed by atoms with Crippen LogP contribution < -0.4 is 0 Å². The molecule has 8 heteroatoms. The molecule has 0 saturated carbocycles. The minimum Gasteiger partial charge on any atom is -0.494 e. The zero-order valence-corrected chi connectivity index (χ0v) is 10.8. The number of rotatable bonds is 5. The van der Waals surface area contributed by atoms with E-state index in [1.165, 1.54) is 6.92 Å². The van der Waals surface area contributed by atoms with E-state index >= 15 is 0 Å². The van der Waals surface area contributed by atoms with Crippen LogP contribution in [0.5, 0.6) is 11.8 Å². The van der Waals surface area contributed by atoms with E-state index in [4.69, 9.17) is 5.11 Å². The number of aromatic hydroxyl groups is 2. The molecule has 0 atom stereocenters. The number of nitrogens with zero attached hydrogens (tertiary/aromatic N) is 1. The number of ether oxygens (including phenoxy) is 1. The van der Waals surface area contributed by atoms with Gasteiger partial charge in [0.1, 0.15) is 0 Å². The Hall–Kier alpha value is -2.51. The second-order valence-electron chi connectivity index (χ2n) is 4.19. The molecule has 1 aromatic heterocycles. The lowest BCUT2D eigenvalue weighted by Gasteiger charge is -2.05. The SMILES string of the molecule is Cc1cc(O)n(C(=O)OC(=O)CCCCC(=O)O)c1O. The quantitative estimate of drug-likeness (QED) is 0.423. The number of aliphatic carboxylic acids is 1. The molecular formula is C12H15NO7. The Bertz CT molecular complexity index is 532. The third-order valence-electron chi connectivity index (χ3n) is 2.54. The highest BCUT2D eigenvalue weighted by Crippen LogP contribution is 2.26. The van der Waals surface area contributed by atoms with Crippen LogP contribution >= 0.6 is 0 Å². The molecule has 0 fully saturated rings. The van der Waals surface area contributed by atoms with Gasteiger partial charge in [0.25, 0.3) is 0 Å². The first-order valence-electron chi connectivity index (χ1n) is 5.90. The second kappa shape index (κ2) is 6.60. The maximum atomic E-state index is 11.6. The largest absolute Gasteiger partial charge is 0.494 e. The number of hydrogen-bond donors (Lipinski definition) is 3. The summed E-state index contributed by atoms with van der Waals surface area (Å²) < 4.78 is 4.90. The van der Waals surface area contributed by atoms with Crippen LogP contribution in [0.3, 0.4) is 0 Å². The fourth-order valence-corrected chi connectivity index (χ4v) is 1.53. The van der Waals surface area contributed by atoms with Gasteiger partial charge >= 0.3 is 18.0 Å². The molecule has 0 amide bonds. The van der Waals surface area contributed by atoms with E-state index in [9.17, 15) is 24.6 Å². The lowest BCUT2D eigenvalue weighted by molar-refractivity contribution is -0.139. The molecule has 3 N–H and O–H groups in total. The van der Waals surface area contributed by atoms with E-state index in [1.54, 1.807) is 0 Å². The molecule has 0 aliphatic rings. The summed E-state index contributed by atoms with van der Waals surface area (Å²) in [5.74, 6) is -2.87. The summed E-state index contributed by atoms with van der Waals surface area (Å²) in [5.41, 5.74) is 0.258. The monoisotopic (exact) mass is 285 g/mol. The third-order valence-corrected chi connectivity index (χ3v) is 2.54. The Morgan fingerprint density at radius 2 is 1.80 bits per heavy atom. The van der Waals surface area contributed by atoms with E-state index in [2.05, 4.69) is 4.74 Å². The summed E-state index contributed by atoms with van der Waals surface area (Å²) in [6.45, 7) is 1.46. The molecule has 0 radical (unpaired) electrons. The fourth-order valence-electron chi connectivity index (χ4n) is 1.53. The minimum absolute atomic E-state index is 0.0698. The first-order valence-corrected chi connectivity index (χ1v) is 5.90. The lowest BCUT2D eigenvalue weighted by atomic mass is 10.2. The van der Waals surface area contributed by atoms with Gasteiger partial charge in [-0.25, -0.2) is 4.79 Å². The third kappa shape index (κ3) is 4.01. The van der Waals surface area contributed by atoms with Crippen molar-refractivity contribution in [1.29, 1.82) is 0 Å². The molecule has 0 aromatic carbocycles. The molecule has 0 bridgehead atoms. The highest BCUT2D eigenvalue weighted by atomic mass is 16.6. The zero-order chi connectivity index (χ0) is 15.3. The predicted octanol–water partition coefficient (Wildman–Crippen LogP) is 1.36. The van der Waals surface area contributed by atoms with Crippen molar-refractivity contribution in [3.8, 4) is 11.8 Å². The van der Waals surface area contributed by atoms with Gasteiger partial charge in [-0.1, -0.05) is 0 Å². The van der Waals surface area contributed by atoms with Gasteiger partial charge in [-0.3, -0.25) is 9.59 Å². The molecule has 8 nitrogen and oxygen atoms in total. The fraction of sp³-hybridized carbons (Fsp3) is 0.417. The maximum absolute atomic E-state index is 11.6. The summed E-state index contributed by atoms with van der Waals surface area (Å²) in [7, 11) is 0. The van der Waals surface area contributed by atoms with Crippen LogP contribution in [0, 0.1) is 6.92 Å². The predicted molar refractivity (Wildman–Crippen MR) is 65.5 cm³/mol. The molecule has 110 valence electrons. The number of carbonyl (C=O) groups is 3. The molecule has 0 spiro atoms. The molecule has 1 heterocycles. The van der Waals surface area contributed by atoms with Crippen LogP contribution in [-0.2, 0) is 14.3 Å². The van der Waals surface area contributed by atoms with Crippen LogP contribution in [-0.4, -0.2) is 37.9 Å². The number of unbranched alkanes of at least 4 members (excludes halogenated alkanes) is 1. The van der Waals surface area contributed by atoms with Crippen molar-refractivity contribution in [2.45, 2.75) is 32.6 Å². The molecule has 1 rings (SSSR count). The van der Waals surface area contributed by atoms with Crippen LogP contribution in [0.4, 0.5) is 4.79 Å². The van der Waals surface area contributed by atoms with Crippen LogP contribution in [0.25, 0.3) is 0 Å². The maximum Gasteiger partial charge on any atom is 0.431 e. The molecule has 0 saturated heterocycles. The van der Waals surface area contributed by atoms with E-state index in [0.29, 0.717) is 4.57 Å². The summed E-state index contributed by atoms with van der Waals surface area (Å²) in [6, 6.07) is 1.15. The molecular weight excluding hydrogens is 270 g/mol.